The van der Waals surface area contributed by atoms with Gasteiger partial charge in [-0.1, -0.05) is 96.8 Å². The van der Waals surface area contributed by atoms with Crippen LogP contribution in [0.2, 0.25) is 13.1 Å². The van der Waals surface area contributed by atoms with Crippen LogP contribution in [0.1, 0.15) is 0 Å². The van der Waals surface area contributed by atoms with Crippen LogP contribution < -0.4 is 5.19 Å². The molecule has 0 N–H and O–H groups in total. The molecule has 146 valence electrons. The third-order valence-corrected chi connectivity index (χ3v) is 9.02. The first-order chi connectivity index (χ1) is 14.6. The maximum Gasteiger partial charge on any atom is 0.103 e. The van der Waals surface area contributed by atoms with Gasteiger partial charge in [-0.25, -0.2) is 0 Å². The number of aromatic nitrogens is 1. The third kappa shape index (κ3) is 3.01. The van der Waals surface area contributed by atoms with Crippen LogP contribution in [0.4, 0.5) is 0 Å². The average molecular weight is 404 g/mol. The molecule has 0 saturated heterocycles. The van der Waals surface area contributed by atoms with Crippen molar-refractivity contribution in [3.05, 3.63) is 109 Å². The van der Waals surface area contributed by atoms with Crippen molar-refractivity contribution in [3.8, 4) is 16.8 Å². The Kier molecular flexibility index (Phi) is 4.45. The summed E-state index contributed by atoms with van der Waals surface area (Å²) in [6.07, 6.45) is 0. The maximum absolute atomic E-state index is 4.03. The van der Waals surface area contributed by atoms with Gasteiger partial charge in [0.05, 0.1) is 11.0 Å². The van der Waals surface area contributed by atoms with Crippen LogP contribution in [0.5, 0.6) is 0 Å². The Bertz CT molecular complexity index is 1300. The summed E-state index contributed by atoms with van der Waals surface area (Å²) in [5.41, 5.74) is 8.31. The highest BCUT2D eigenvalue weighted by molar-refractivity contribution is 6.93. The molecule has 0 spiro atoms. The predicted octanol–water partition coefficient (Wildman–Crippen LogP) is 7.09. The summed E-state index contributed by atoms with van der Waals surface area (Å²) < 4.78 is 2.36. The van der Waals surface area contributed by atoms with Gasteiger partial charge in [0, 0.05) is 16.5 Å². The maximum atomic E-state index is 4.03. The Balaban J connectivity index is 1.57. The molecule has 0 aliphatic heterocycles. The van der Waals surface area contributed by atoms with Gasteiger partial charge in [-0.3, -0.25) is 0 Å². The average Bonchev–Trinajstić information content (AvgIpc) is 3.14. The van der Waals surface area contributed by atoms with Crippen LogP contribution in [-0.4, -0.2) is 12.6 Å². The molecule has 30 heavy (non-hydrogen) atoms. The molecule has 0 aliphatic rings. The fraction of sp³-hybridized carbons (Fsp3) is 0.0714. The number of hydrogen-bond donors (Lipinski definition) is 0. The van der Waals surface area contributed by atoms with Gasteiger partial charge in [-0.15, -0.1) is 6.58 Å². The zero-order valence-electron chi connectivity index (χ0n) is 17.5. The number of hydrogen-bond acceptors (Lipinski definition) is 0. The predicted molar refractivity (Wildman–Crippen MR) is 134 cm³/mol. The molecule has 0 amide bonds. The van der Waals surface area contributed by atoms with Crippen LogP contribution in [-0.2, 0) is 0 Å². The van der Waals surface area contributed by atoms with Crippen molar-refractivity contribution >= 4 is 35.1 Å². The second-order valence-electron chi connectivity index (χ2n) is 8.42. The Morgan fingerprint density at radius 2 is 1.10 bits per heavy atom. The van der Waals surface area contributed by atoms with E-state index in [1.54, 1.807) is 0 Å². The molecule has 0 radical (unpaired) electrons. The highest BCUT2D eigenvalue weighted by Gasteiger charge is 2.18. The van der Waals surface area contributed by atoms with Gasteiger partial charge in [-0.05, 0) is 35.4 Å². The number of rotatable bonds is 4. The van der Waals surface area contributed by atoms with Crippen molar-refractivity contribution in [2.75, 3.05) is 0 Å². The van der Waals surface area contributed by atoms with Crippen molar-refractivity contribution in [1.29, 1.82) is 0 Å². The van der Waals surface area contributed by atoms with E-state index in [2.05, 4.69) is 127 Å². The van der Waals surface area contributed by atoms with E-state index in [0.29, 0.717) is 0 Å². The highest BCUT2D eigenvalue weighted by atomic mass is 28.3. The van der Waals surface area contributed by atoms with E-state index in [0.717, 1.165) is 0 Å². The van der Waals surface area contributed by atoms with Crippen LogP contribution in [0.15, 0.2) is 109 Å². The van der Waals surface area contributed by atoms with Gasteiger partial charge in [0.2, 0.25) is 0 Å². The minimum atomic E-state index is -1.51. The first-order valence-electron chi connectivity index (χ1n) is 10.4. The van der Waals surface area contributed by atoms with Gasteiger partial charge in [0.25, 0.3) is 0 Å². The highest BCUT2D eigenvalue weighted by Crippen LogP contribution is 2.32. The summed E-state index contributed by atoms with van der Waals surface area (Å²) in [5, 5.41) is 4.01. The molecule has 0 aliphatic carbocycles. The quantitative estimate of drug-likeness (QED) is 0.282. The van der Waals surface area contributed by atoms with Crippen molar-refractivity contribution in [1.82, 2.24) is 4.57 Å². The molecule has 1 heterocycles. The van der Waals surface area contributed by atoms with E-state index in [-0.39, 0.29) is 0 Å². The lowest BCUT2D eigenvalue weighted by Gasteiger charge is -2.18. The summed E-state index contributed by atoms with van der Waals surface area (Å²) >= 11 is 0. The zero-order chi connectivity index (χ0) is 20.7. The van der Waals surface area contributed by atoms with Crippen molar-refractivity contribution in [2.45, 2.75) is 13.1 Å². The summed E-state index contributed by atoms with van der Waals surface area (Å²) in [7, 11) is -1.51. The topological polar surface area (TPSA) is 4.93 Å². The molecule has 1 nitrogen and oxygen atoms in total. The summed E-state index contributed by atoms with van der Waals surface area (Å²) in [4.78, 5) is 0. The van der Waals surface area contributed by atoms with E-state index < -0.39 is 8.07 Å². The van der Waals surface area contributed by atoms with Crippen LogP contribution in [0, 0.1) is 0 Å². The number of fused-ring (bicyclic) bond motifs is 3. The van der Waals surface area contributed by atoms with E-state index in [9.17, 15) is 0 Å². The fourth-order valence-electron chi connectivity index (χ4n) is 4.21. The normalized spacial score (nSPS) is 11.8. The van der Waals surface area contributed by atoms with Gasteiger partial charge >= 0.3 is 0 Å². The molecule has 0 atom stereocenters. The molecule has 2 heteroatoms. The lowest BCUT2D eigenvalue weighted by Crippen LogP contribution is -2.38. The Labute approximate surface area is 178 Å². The minimum Gasteiger partial charge on any atom is -0.309 e. The standard InChI is InChI=1S/C28H25NSi/c1-4-30(2,3)24-19-15-22(16-20-24)21-13-17-23(18-14-21)29-27-11-7-5-9-25(27)26-10-6-8-12-28(26)29/h4-20H,1H2,2-3H3. The Morgan fingerprint density at radius 3 is 1.60 bits per heavy atom. The molecule has 0 unspecified atom stereocenters. The smallest absolute Gasteiger partial charge is 0.103 e. The number of benzene rings is 4. The van der Waals surface area contributed by atoms with Crippen molar-refractivity contribution in [3.63, 3.8) is 0 Å². The van der Waals surface area contributed by atoms with E-state index in [1.165, 1.54) is 43.8 Å². The second-order valence-corrected chi connectivity index (χ2v) is 12.8. The molecule has 5 rings (SSSR count). The Morgan fingerprint density at radius 1 is 0.633 bits per heavy atom. The molecular formula is C28H25NSi. The Hall–Kier alpha value is -3.36. The molecule has 0 fully saturated rings. The minimum absolute atomic E-state index is 1.19. The molecule has 1 aromatic heterocycles. The van der Waals surface area contributed by atoms with Crippen LogP contribution in [0.3, 0.4) is 0 Å². The van der Waals surface area contributed by atoms with Gasteiger partial charge in [0.15, 0.2) is 0 Å². The second kappa shape index (κ2) is 7.15. The van der Waals surface area contributed by atoms with E-state index in [4.69, 9.17) is 0 Å². The SMILES string of the molecule is C=C[Si](C)(C)c1ccc(-c2ccc(-n3c4ccccc4c4ccccc43)cc2)cc1. The fourth-order valence-corrected chi connectivity index (χ4v) is 5.48. The van der Waals surface area contributed by atoms with Gasteiger partial charge in [0.1, 0.15) is 8.07 Å². The largest absolute Gasteiger partial charge is 0.309 e. The van der Waals surface area contributed by atoms with E-state index in [1.807, 2.05) is 0 Å². The first kappa shape index (κ1) is 18.7. The zero-order valence-corrected chi connectivity index (χ0v) is 18.5. The van der Waals surface area contributed by atoms with Gasteiger partial charge in [-0.2, -0.15) is 0 Å². The number of nitrogens with zero attached hydrogens (tertiary/aromatic N) is 1. The summed E-state index contributed by atoms with van der Waals surface area (Å²) in [6, 6.07) is 35.2. The monoisotopic (exact) mass is 403 g/mol. The van der Waals surface area contributed by atoms with E-state index >= 15 is 0 Å². The summed E-state index contributed by atoms with van der Waals surface area (Å²) in [5.74, 6) is 0. The van der Waals surface area contributed by atoms with Crippen LogP contribution in [0.25, 0.3) is 38.6 Å². The van der Waals surface area contributed by atoms with Crippen molar-refractivity contribution in [2.24, 2.45) is 0 Å². The molecule has 0 bridgehead atoms. The lowest BCUT2D eigenvalue weighted by molar-refractivity contribution is 1.18. The number of para-hydroxylation sites is 2. The molecule has 5 aromatic rings. The van der Waals surface area contributed by atoms with Gasteiger partial charge < -0.3 is 4.57 Å². The lowest BCUT2D eigenvalue weighted by atomic mass is 10.1. The molecule has 0 saturated carbocycles. The third-order valence-electron chi connectivity index (χ3n) is 6.18. The molecular weight excluding hydrogens is 378 g/mol. The summed E-state index contributed by atoms with van der Waals surface area (Å²) in [6.45, 7) is 8.68. The first-order valence-corrected chi connectivity index (χ1v) is 13.5. The molecule has 4 aromatic carbocycles. The van der Waals surface area contributed by atoms with Crippen molar-refractivity contribution < 1.29 is 0 Å². The van der Waals surface area contributed by atoms with Crippen LogP contribution >= 0.6 is 0 Å².